The number of hydrogen-bond acceptors (Lipinski definition) is 39. The van der Waals surface area contributed by atoms with Gasteiger partial charge in [-0.05, 0) is 55.8 Å². The number of aliphatic hydroxyl groups excluding tert-OH is 3. The SMILES string of the molecule is CC(C)/C(=C/C(=O)O)C(=O)O.CC(C)C(=O)C(=O)O.CC(C)C(C(=O)O)C(=O)C(=O)O.CC(C)C(C(=O)O)C(O)C(=O)O.CC(C)C(O)(CC(=O)O)C(=O)O.CC(C)CC(=O)C(=O)O.CC(C)CC(N)C(=O)O.CCNC(=O)CCNC(=O)C(O)C(C)(C)COP(=O)([O-])OP(=O)([O-])OCC1OC(C)(n2cnc3c(N)ncnc32)C(O)C1OP(=O)([O-])[O-].O.O.O.O=C=O. The van der Waals surface area contributed by atoms with E-state index in [1.807, 2.05) is 13.8 Å². The first kappa shape index (κ1) is 135. The monoisotopic (exact) mass is 1900 g/mol. The van der Waals surface area contributed by atoms with E-state index in [-0.39, 0.29) is 82.3 Å². The fourth-order valence-electron chi connectivity index (χ4n) is 8.88. The van der Waals surface area contributed by atoms with Crippen LogP contribution in [0, 0.1) is 58.7 Å². The molecule has 0 radical (unpaired) electrons. The Kier molecular flexibility index (Phi) is 66.4. The van der Waals surface area contributed by atoms with Crippen molar-refractivity contribution in [3.05, 3.63) is 24.3 Å². The first-order valence-electron chi connectivity index (χ1n) is 35.9. The molecule has 27 N–H and O–H groups in total. The molecule has 2 aromatic rings. The number of aromatic nitrogens is 4. The Morgan fingerprint density at radius 3 is 1.43 bits per heavy atom. The van der Waals surface area contributed by atoms with Gasteiger partial charge in [0.1, 0.15) is 48.2 Å². The molecule has 3 rings (SSSR count). The smallest absolute Gasteiger partial charge is 0.373 e. The minimum absolute atomic E-state index is 0. The van der Waals surface area contributed by atoms with E-state index >= 15 is 0 Å². The number of ketones is 3. The van der Waals surface area contributed by atoms with Crippen LogP contribution in [0.25, 0.3) is 11.2 Å². The first-order valence-corrected chi connectivity index (χ1v) is 40.3. The third-order valence-corrected chi connectivity index (χ3v) is 18.5. The van der Waals surface area contributed by atoms with Crippen LogP contribution >= 0.6 is 23.5 Å². The quantitative estimate of drug-likeness (QED) is 0.0128. The molecule has 734 valence electrons. The molecule has 2 aromatic heterocycles. The number of carboxylic acids is 11. The maximum atomic E-state index is 12.5. The van der Waals surface area contributed by atoms with Crippen LogP contribution in [0.4, 0.5) is 5.82 Å². The Labute approximate surface area is 723 Å². The zero-order valence-electron chi connectivity index (χ0n) is 71.8. The number of aliphatic hydroxyl groups is 4. The second kappa shape index (κ2) is 62.7. The van der Waals surface area contributed by atoms with Crippen LogP contribution in [0.1, 0.15) is 150 Å². The summed E-state index contributed by atoms with van der Waals surface area (Å²) >= 11 is 0. The van der Waals surface area contributed by atoms with Gasteiger partial charge in [-0.1, -0.05) is 111 Å². The van der Waals surface area contributed by atoms with Gasteiger partial charge in [-0.25, -0.2) is 52.8 Å². The van der Waals surface area contributed by atoms with Crippen molar-refractivity contribution in [3.8, 4) is 0 Å². The van der Waals surface area contributed by atoms with E-state index in [2.05, 4.69) is 43.5 Å². The van der Waals surface area contributed by atoms with Crippen molar-refractivity contribution in [1.82, 2.24) is 30.2 Å². The molecule has 1 saturated heterocycles. The number of phosphoric ester groups is 3. The normalized spacial score (nSPS) is 16.9. The van der Waals surface area contributed by atoms with Gasteiger partial charge in [0, 0.05) is 48.9 Å². The molecule has 0 bridgehead atoms. The maximum Gasteiger partial charge on any atom is 0.373 e. The van der Waals surface area contributed by atoms with Crippen LogP contribution in [0.2, 0.25) is 0 Å². The van der Waals surface area contributed by atoms with Crippen LogP contribution in [0.3, 0.4) is 0 Å². The predicted octanol–water partition coefficient (Wildman–Crippen LogP) is -5.10. The van der Waals surface area contributed by atoms with Gasteiger partial charge >= 0.3 is 71.8 Å². The van der Waals surface area contributed by atoms with E-state index in [0.717, 1.165) is 17.2 Å². The molecule has 0 aliphatic carbocycles. The summed E-state index contributed by atoms with van der Waals surface area (Å²) in [5.74, 6) is -23.2. The lowest BCUT2D eigenvalue weighted by molar-refractivity contribution is -0.347. The number of amides is 2. The molecule has 56 nitrogen and oxygen atoms in total. The number of rotatable bonds is 40. The fraction of sp³-hybridized carbons (Fsp3) is 0.647. The molecule has 3 heterocycles. The highest BCUT2D eigenvalue weighted by Gasteiger charge is 2.55. The molecule has 12 atom stereocenters. The van der Waals surface area contributed by atoms with Crippen molar-refractivity contribution >= 4 is 141 Å². The number of fused-ring (bicyclic) bond motifs is 1. The minimum atomic E-state index is -5.90. The Balaban J connectivity index is -0.000000205. The van der Waals surface area contributed by atoms with Gasteiger partial charge in [-0.15, -0.1) is 0 Å². The third kappa shape index (κ3) is 54.4. The number of phosphoric acid groups is 3. The lowest BCUT2D eigenvalue weighted by Gasteiger charge is -2.36. The number of imidazole rings is 1. The average Bonchev–Trinajstić information content (AvgIpc) is 1.58. The number of ether oxygens (including phenoxy) is 1. The maximum absolute atomic E-state index is 12.5. The average molecular weight is 1910 g/mol. The number of carboxylic acid groups (broad SMARTS) is 11. The Morgan fingerprint density at radius 2 is 1.15 bits per heavy atom. The zero-order chi connectivity index (χ0) is 99.3. The number of Topliss-reactive ketones (excluding diaryl/α,β-unsaturated/α-hetero) is 3. The number of nitrogens with two attached hydrogens (primary N) is 2. The molecule has 0 spiro atoms. The van der Waals surface area contributed by atoms with Crippen molar-refractivity contribution in [2.45, 2.75) is 198 Å². The molecule has 1 aliphatic rings. The van der Waals surface area contributed by atoms with Crippen LogP contribution in [-0.4, -0.2) is 282 Å². The minimum Gasteiger partial charge on any atom is -0.790 e. The van der Waals surface area contributed by atoms with E-state index in [0.29, 0.717) is 25.0 Å². The standard InChI is InChI=1S/C22H38N7O16P3.2C7H12O5.C7H10O5.C7H10O4.C6H13NO2.C6H10O3.C5H8O3.CO2.3H2O/c1-5-24-13(30)6-7-25-20(33)17(32)21(2,3)9-42-48(39,40)45-47(37,38)41-8-12-15(44-46(34,35)36)16(31)22(4,43-12)29-11-28-14-18(23)26-10-27-19(14)29;1-4(2)7(12,6(10)11)3-5(8)9;2*1-3(2)4(6(9)10)5(8)7(11)12;1-4(2)5(7(10)11)3-6(8)9;2*1-4(2)3-5(7)6(8)9;1-3(2)4(6)5(7)8;2-1-3;;;/h10-12,15-17,31-32H,5-9H2,1-4H3,(H,24,30)(H,25,33)(H,37,38)(H,39,40)(H2,23,26,27)(H2,34,35,36);4,12H,3H2,1-2H3,(H,8,9)(H,10,11);3-5,8H,1-2H3,(H,9,10)(H,11,12);3-4H,1-2H3,(H,9,10)(H,11,12);3-4H,1-2H3,(H,8,9)(H,10,11);4-5H,3,7H2,1-2H3,(H,8,9);4H,3H2,1-2H3,(H,8,9);3H,1-2H3,(H,7,8);;3*1H2/p-4/b;;;;5-3-;;;;;;;. The number of anilines is 1. The number of nitrogen functional groups attached to an aromatic ring is 1. The van der Waals surface area contributed by atoms with Gasteiger partial charge in [-0.2, -0.15) is 9.59 Å². The highest BCUT2D eigenvalue weighted by Crippen LogP contribution is 2.57. The summed E-state index contributed by atoms with van der Waals surface area (Å²) in [6.07, 6.45) is -6.83. The summed E-state index contributed by atoms with van der Waals surface area (Å²) < 4.78 is 60.6. The summed E-state index contributed by atoms with van der Waals surface area (Å²) in [5.41, 5.74) is 5.06. The molecule has 1 aliphatic heterocycles. The summed E-state index contributed by atoms with van der Waals surface area (Å²) in [5, 5.41) is 136. The molecule has 127 heavy (non-hydrogen) atoms. The molecular formula is C68H115N8O48P3-4. The highest BCUT2D eigenvalue weighted by atomic mass is 31.3. The van der Waals surface area contributed by atoms with E-state index in [9.17, 15) is 125 Å². The number of hydrogen-bond donors (Lipinski definition) is 19. The highest BCUT2D eigenvalue weighted by molar-refractivity contribution is 7.59. The number of carbonyl (C=O) groups is 16. The Morgan fingerprint density at radius 1 is 0.669 bits per heavy atom. The van der Waals surface area contributed by atoms with Gasteiger partial charge in [0.2, 0.25) is 23.4 Å². The van der Waals surface area contributed by atoms with Gasteiger partial charge < -0.3 is 158 Å². The third-order valence-electron chi connectivity index (χ3n) is 15.4. The lowest BCUT2D eigenvalue weighted by Crippen LogP contribution is -2.46. The molecule has 1 fully saturated rings. The second-order valence-electron chi connectivity index (χ2n) is 28.9. The molecule has 59 heteroatoms. The van der Waals surface area contributed by atoms with Crippen molar-refractivity contribution in [2.75, 3.05) is 32.0 Å². The molecule has 2 amide bonds. The van der Waals surface area contributed by atoms with Crippen LogP contribution in [-0.2, 0) is 128 Å². The van der Waals surface area contributed by atoms with Crippen molar-refractivity contribution in [2.24, 2.45) is 64.4 Å². The largest absolute Gasteiger partial charge is 0.790 e. The molecule has 0 saturated carbocycles. The summed E-state index contributed by atoms with van der Waals surface area (Å²) in [6.45, 7) is 26.1. The number of nitrogens with zero attached hydrogens (tertiary/aromatic N) is 4. The fourth-order valence-corrected chi connectivity index (χ4v) is 11.6. The van der Waals surface area contributed by atoms with Crippen LogP contribution in [0.5, 0.6) is 0 Å². The van der Waals surface area contributed by atoms with Crippen molar-refractivity contribution in [1.29, 1.82) is 0 Å². The first-order chi connectivity index (χ1) is 56.1. The summed E-state index contributed by atoms with van der Waals surface area (Å²) in [6, 6.07) is -0.690. The summed E-state index contributed by atoms with van der Waals surface area (Å²) in [7, 11) is -17.5. The van der Waals surface area contributed by atoms with Gasteiger partial charge in [0.15, 0.2) is 28.9 Å². The van der Waals surface area contributed by atoms with Crippen LogP contribution in [0.15, 0.2) is 24.3 Å². The molecular weight excluding hydrogens is 1790 g/mol. The van der Waals surface area contributed by atoms with E-state index in [1.54, 1.807) is 62.3 Å². The lowest BCUT2D eigenvalue weighted by atomic mass is 9.87. The van der Waals surface area contributed by atoms with Gasteiger partial charge in [0.05, 0.1) is 39.7 Å². The van der Waals surface area contributed by atoms with E-state index < -0.39 is 221 Å². The number of nitrogens with one attached hydrogen (secondary N) is 2. The van der Waals surface area contributed by atoms with Gasteiger partial charge in [0.25, 0.3) is 21.4 Å². The second-order valence-corrected chi connectivity index (χ2v) is 33.0. The summed E-state index contributed by atoms with van der Waals surface area (Å²) in [4.78, 5) is 243. The molecule has 12 unspecified atom stereocenters. The Bertz CT molecular complexity index is 4140. The van der Waals surface area contributed by atoms with E-state index in [4.69, 9.17) is 87.1 Å². The van der Waals surface area contributed by atoms with E-state index in [1.165, 1.54) is 48.5 Å². The predicted molar refractivity (Wildman–Crippen MR) is 418 cm³/mol. The number of aliphatic carboxylic acids is 11. The van der Waals surface area contributed by atoms with Gasteiger partial charge in [-0.3, -0.25) is 56.8 Å². The zero-order valence-corrected chi connectivity index (χ0v) is 74.5. The van der Waals surface area contributed by atoms with Crippen molar-refractivity contribution in [3.63, 3.8) is 0 Å². The number of carbonyl (C=O) groups excluding carboxylic acids is 7. The van der Waals surface area contributed by atoms with Crippen molar-refractivity contribution < 1.29 is 235 Å². The van der Waals surface area contributed by atoms with Crippen LogP contribution < -0.4 is 41.7 Å². The Hall–Kier alpha value is -10.4. The molecule has 0 aromatic carbocycles. The topological polar surface area (TPSA) is 1010 Å².